The van der Waals surface area contributed by atoms with Gasteiger partial charge in [0.1, 0.15) is 0 Å². The van der Waals surface area contributed by atoms with Crippen LogP contribution in [0.25, 0.3) is 0 Å². The first-order chi connectivity index (χ1) is 16.5. The summed E-state index contributed by atoms with van der Waals surface area (Å²) in [5.41, 5.74) is 0.900. The third-order valence-electron chi connectivity index (χ3n) is 6.05. The Kier molecular flexibility index (Phi) is 16.6. The van der Waals surface area contributed by atoms with Crippen molar-refractivity contribution in [1.29, 1.82) is 0 Å². The number of rotatable bonds is 19. The third kappa shape index (κ3) is 13.4. The van der Waals surface area contributed by atoms with Crippen molar-refractivity contribution in [2.24, 2.45) is 0 Å². The van der Waals surface area contributed by atoms with Crippen molar-refractivity contribution >= 4 is 23.5 Å². The van der Waals surface area contributed by atoms with Gasteiger partial charge in [0, 0.05) is 31.6 Å². The molecule has 192 valence electrons. The van der Waals surface area contributed by atoms with E-state index < -0.39 is 5.97 Å². The minimum Gasteiger partial charge on any atom is -0.465 e. The van der Waals surface area contributed by atoms with Gasteiger partial charge in [-0.05, 0) is 31.0 Å². The standard InChI is InChI=1S/C28H46N2O4/c1-4-6-8-10-12-14-21-30(22-15-13-11-9-7-5-2)27(32)20-19-26(31)29-25-18-16-17-24(23-25)28(33)34-3/h16-18,23H,4-15,19-22H2,1-3H3,(H,29,31). The molecule has 0 unspecified atom stereocenters. The molecule has 0 aliphatic heterocycles. The molecule has 1 aromatic rings. The zero-order valence-corrected chi connectivity index (χ0v) is 21.7. The number of ether oxygens (including phenoxy) is 1. The van der Waals surface area contributed by atoms with Crippen molar-refractivity contribution in [2.45, 2.75) is 104 Å². The fourth-order valence-corrected chi connectivity index (χ4v) is 3.97. The summed E-state index contributed by atoms with van der Waals surface area (Å²) in [6, 6.07) is 6.62. The summed E-state index contributed by atoms with van der Waals surface area (Å²) in [4.78, 5) is 39.0. The van der Waals surface area contributed by atoms with E-state index in [1.807, 2.05) is 4.90 Å². The number of anilines is 1. The molecule has 0 aliphatic rings. The number of amides is 2. The van der Waals surface area contributed by atoms with Crippen LogP contribution in [0.15, 0.2) is 24.3 Å². The lowest BCUT2D eigenvalue weighted by molar-refractivity contribution is -0.133. The molecule has 0 heterocycles. The largest absolute Gasteiger partial charge is 0.465 e. The molecule has 0 radical (unpaired) electrons. The molecule has 1 rings (SSSR count). The van der Waals surface area contributed by atoms with Crippen LogP contribution in [0.2, 0.25) is 0 Å². The minimum atomic E-state index is -0.452. The number of esters is 1. The molecule has 0 aliphatic carbocycles. The van der Waals surface area contributed by atoms with E-state index in [0.29, 0.717) is 11.3 Å². The van der Waals surface area contributed by atoms with E-state index in [4.69, 9.17) is 4.74 Å². The van der Waals surface area contributed by atoms with Gasteiger partial charge in [-0.1, -0.05) is 84.1 Å². The van der Waals surface area contributed by atoms with Gasteiger partial charge in [0.15, 0.2) is 0 Å². The Labute approximate surface area is 206 Å². The molecular weight excluding hydrogens is 428 g/mol. The first-order valence-electron chi connectivity index (χ1n) is 13.3. The summed E-state index contributed by atoms with van der Waals surface area (Å²) in [6.45, 7) is 5.99. The summed E-state index contributed by atoms with van der Waals surface area (Å²) < 4.78 is 4.72. The summed E-state index contributed by atoms with van der Waals surface area (Å²) in [7, 11) is 1.32. The van der Waals surface area contributed by atoms with Crippen LogP contribution < -0.4 is 5.32 Å². The predicted molar refractivity (Wildman–Crippen MR) is 139 cm³/mol. The zero-order chi connectivity index (χ0) is 25.0. The molecule has 6 nitrogen and oxygen atoms in total. The normalized spacial score (nSPS) is 10.7. The summed E-state index contributed by atoms with van der Waals surface area (Å²) >= 11 is 0. The van der Waals surface area contributed by atoms with Gasteiger partial charge in [0.2, 0.25) is 11.8 Å². The number of methoxy groups -OCH3 is 1. The van der Waals surface area contributed by atoms with E-state index in [9.17, 15) is 14.4 Å². The highest BCUT2D eigenvalue weighted by Gasteiger charge is 2.15. The van der Waals surface area contributed by atoms with E-state index >= 15 is 0 Å². The Morgan fingerprint density at radius 2 is 1.35 bits per heavy atom. The van der Waals surface area contributed by atoms with Gasteiger partial charge in [-0.2, -0.15) is 0 Å². The van der Waals surface area contributed by atoms with Crippen LogP contribution in [-0.2, 0) is 14.3 Å². The molecule has 1 aromatic carbocycles. The molecule has 2 amide bonds. The van der Waals surface area contributed by atoms with Gasteiger partial charge in [0.05, 0.1) is 12.7 Å². The summed E-state index contributed by atoms with van der Waals surface area (Å²) in [6.07, 6.45) is 14.7. The number of nitrogens with one attached hydrogen (secondary N) is 1. The van der Waals surface area contributed by atoms with E-state index in [-0.39, 0.29) is 24.7 Å². The molecule has 0 aromatic heterocycles. The second kappa shape index (κ2) is 19.0. The van der Waals surface area contributed by atoms with E-state index in [1.165, 1.54) is 58.5 Å². The number of nitrogens with zero attached hydrogens (tertiary/aromatic N) is 1. The average molecular weight is 475 g/mol. The number of carbonyl (C=O) groups is 3. The van der Waals surface area contributed by atoms with Crippen LogP contribution in [0.1, 0.15) is 114 Å². The molecule has 0 fully saturated rings. The predicted octanol–water partition coefficient (Wildman–Crippen LogP) is 6.74. The second-order valence-electron chi connectivity index (χ2n) is 9.04. The van der Waals surface area contributed by atoms with E-state index in [0.717, 1.165) is 38.8 Å². The Balaban J connectivity index is 2.50. The molecular formula is C28H46N2O4. The second-order valence-corrected chi connectivity index (χ2v) is 9.04. The lowest BCUT2D eigenvalue weighted by Gasteiger charge is -2.23. The fourth-order valence-electron chi connectivity index (χ4n) is 3.97. The molecule has 0 saturated carbocycles. The van der Waals surface area contributed by atoms with Crippen LogP contribution >= 0.6 is 0 Å². The molecule has 34 heavy (non-hydrogen) atoms. The quantitative estimate of drug-likeness (QED) is 0.178. The highest BCUT2D eigenvalue weighted by Crippen LogP contribution is 2.14. The maximum Gasteiger partial charge on any atom is 0.337 e. The lowest BCUT2D eigenvalue weighted by Crippen LogP contribution is -2.33. The van der Waals surface area contributed by atoms with Crippen molar-refractivity contribution in [3.8, 4) is 0 Å². The number of unbranched alkanes of at least 4 members (excludes halogenated alkanes) is 10. The number of carbonyl (C=O) groups excluding carboxylic acids is 3. The molecule has 1 N–H and O–H groups in total. The number of benzene rings is 1. The Morgan fingerprint density at radius 3 is 1.91 bits per heavy atom. The van der Waals surface area contributed by atoms with Crippen molar-refractivity contribution in [3.63, 3.8) is 0 Å². The molecule has 0 saturated heterocycles. The molecule has 0 bridgehead atoms. The first-order valence-corrected chi connectivity index (χ1v) is 13.3. The van der Waals surface area contributed by atoms with Crippen LogP contribution in [0.4, 0.5) is 5.69 Å². The summed E-state index contributed by atoms with van der Waals surface area (Å²) in [5.74, 6) is -0.624. The average Bonchev–Trinajstić information content (AvgIpc) is 2.85. The monoisotopic (exact) mass is 474 g/mol. The summed E-state index contributed by atoms with van der Waals surface area (Å²) in [5, 5.41) is 2.78. The van der Waals surface area contributed by atoms with Crippen LogP contribution in [0.3, 0.4) is 0 Å². The molecule has 0 spiro atoms. The first kappa shape index (κ1) is 29.7. The third-order valence-corrected chi connectivity index (χ3v) is 6.05. The Bertz CT molecular complexity index is 704. The zero-order valence-electron chi connectivity index (χ0n) is 21.7. The number of hydrogen-bond acceptors (Lipinski definition) is 4. The van der Waals surface area contributed by atoms with E-state index in [1.54, 1.807) is 24.3 Å². The van der Waals surface area contributed by atoms with Crippen molar-refractivity contribution < 1.29 is 19.1 Å². The highest BCUT2D eigenvalue weighted by atomic mass is 16.5. The number of hydrogen-bond donors (Lipinski definition) is 1. The Hall–Kier alpha value is -2.37. The van der Waals surface area contributed by atoms with E-state index in [2.05, 4.69) is 19.2 Å². The van der Waals surface area contributed by atoms with Crippen molar-refractivity contribution in [1.82, 2.24) is 4.90 Å². The van der Waals surface area contributed by atoms with Crippen LogP contribution in [0, 0.1) is 0 Å². The topological polar surface area (TPSA) is 75.7 Å². The molecule has 6 heteroatoms. The van der Waals surface area contributed by atoms with Gasteiger partial charge in [0.25, 0.3) is 0 Å². The van der Waals surface area contributed by atoms with Gasteiger partial charge in [-0.3, -0.25) is 9.59 Å². The molecule has 0 atom stereocenters. The maximum atomic E-state index is 12.9. The van der Waals surface area contributed by atoms with Crippen molar-refractivity contribution in [3.05, 3.63) is 29.8 Å². The minimum absolute atomic E-state index is 0.0561. The smallest absolute Gasteiger partial charge is 0.337 e. The highest BCUT2D eigenvalue weighted by molar-refractivity contribution is 5.95. The van der Waals surface area contributed by atoms with Crippen LogP contribution in [-0.4, -0.2) is 42.9 Å². The fraction of sp³-hybridized carbons (Fsp3) is 0.679. The van der Waals surface area contributed by atoms with Gasteiger partial charge in [-0.25, -0.2) is 4.79 Å². The van der Waals surface area contributed by atoms with Gasteiger partial charge in [-0.15, -0.1) is 0 Å². The van der Waals surface area contributed by atoms with Gasteiger partial charge >= 0.3 is 5.97 Å². The van der Waals surface area contributed by atoms with Gasteiger partial charge < -0.3 is 15.0 Å². The SMILES string of the molecule is CCCCCCCCN(CCCCCCCC)C(=O)CCC(=O)Nc1cccc(C(=O)OC)c1. The maximum absolute atomic E-state index is 12.9. The lowest BCUT2D eigenvalue weighted by atomic mass is 10.1. The van der Waals surface area contributed by atoms with Crippen LogP contribution in [0.5, 0.6) is 0 Å². The Morgan fingerprint density at radius 1 is 0.794 bits per heavy atom. The van der Waals surface area contributed by atoms with Crippen molar-refractivity contribution in [2.75, 3.05) is 25.5 Å².